The van der Waals surface area contributed by atoms with E-state index in [1.165, 1.54) is 26.2 Å². The van der Waals surface area contributed by atoms with Gasteiger partial charge in [-0.2, -0.15) is 0 Å². The van der Waals surface area contributed by atoms with Gasteiger partial charge in [0.2, 0.25) is 11.8 Å². The molecule has 0 aromatic heterocycles. The summed E-state index contributed by atoms with van der Waals surface area (Å²) in [5.74, 6) is -0.196. The lowest BCUT2D eigenvalue weighted by molar-refractivity contribution is -0.115. The zero-order valence-corrected chi connectivity index (χ0v) is 18.4. The van der Waals surface area contributed by atoms with Crippen LogP contribution in [0, 0.1) is 0 Å². The van der Waals surface area contributed by atoms with Crippen molar-refractivity contribution >= 4 is 38.9 Å². The fraction of sp³-hybridized carbons (Fsp3) is 0.130. The zero-order chi connectivity index (χ0) is 23.1. The summed E-state index contributed by atoms with van der Waals surface area (Å²) in [4.78, 5) is 23.9. The first kappa shape index (κ1) is 22.8. The lowest BCUT2D eigenvalue weighted by atomic mass is 10.2. The number of carbonyl (C=O) groups excluding carboxylic acids is 2. The van der Waals surface area contributed by atoms with E-state index in [4.69, 9.17) is 4.74 Å². The highest BCUT2D eigenvalue weighted by atomic mass is 32.2. The minimum Gasteiger partial charge on any atom is -0.497 e. The summed E-state index contributed by atoms with van der Waals surface area (Å²) in [7, 11) is -2.52. The van der Waals surface area contributed by atoms with Gasteiger partial charge in [-0.05, 0) is 60.7 Å². The summed E-state index contributed by atoms with van der Waals surface area (Å²) in [5, 5.41) is 5.32. The molecule has 3 aromatic rings. The average molecular weight is 454 g/mol. The van der Waals surface area contributed by atoms with Gasteiger partial charge in [0.25, 0.3) is 10.0 Å². The maximum atomic E-state index is 13.3. The predicted octanol–water partition coefficient (Wildman–Crippen LogP) is 3.49. The molecule has 0 saturated carbocycles. The van der Waals surface area contributed by atoms with Gasteiger partial charge in [0.05, 0.1) is 17.7 Å². The van der Waals surface area contributed by atoms with Gasteiger partial charge in [0.15, 0.2) is 0 Å². The minimum atomic E-state index is -4.02. The lowest BCUT2D eigenvalue weighted by Crippen LogP contribution is -2.38. The van der Waals surface area contributed by atoms with E-state index in [0.29, 0.717) is 22.8 Å². The van der Waals surface area contributed by atoms with Crippen LogP contribution in [0.2, 0.25) is 0 Å². The van der Waals surface area contributed by atoms with E-state index < -0.39 is 22.5 Å². The molecule has 0 saturated heterocycles. The van der Waals surface area contributed by atoms with Crippen molar-refractivity contribution in [3.05, 3.63) is 78.9 Å². The Morgan fingerprint density at radius 1 is 0.844 bits per heavy atom. The molecule has 0 unspecified atom stereocenters. The largest absolute Gasteiger partial charge is 0.497 e. The molecule has 2 N–H and O–H groups in total. The number of para-hydroxylation sites is 1. The zero-order valence-electron chi connectivity index (χ0n) is 17.6. The molecule has 166 valence electrons. The maximum Gasteiger partial charge on any atom is 0.264 e. The SMILES string of the molecule is COc1ccc(S(=O)(=O)N(CC(=O)Nc2ccc(NC(C)=O)cc2)c2ccccc2)cc1. The van der Waals surface area contributed by atoms with Gasteiger partial charge in [-0.15, -0.1) is 0 Å². The number of hydrogen-bond acceptors (Lipinski definition) is 5. The first-order valence-electron chi connectivity index (χ1n) is 9.69. The van der Waals surface area contributed by atoms with Gasteiger partial charge in [0.1, 0.15) is 12.3 Å². The molecule has 3 rings (SSSR count). The molecule has 0 fully saturated rings. The summed E-state index contributed by atoms with van der Waals surface area (Å²) in [6, 6.07) is 20.9. The second kappa shape index (κ2) is 9.97. The highest BCUT2D eigenvalue weighted by molar-refractivity contribution is 7.92. The van der Waals surface area contributed by atoms with E-state index in [-0.39, 0.29) is 10.8 Å². The molecule has 0 aliphatic heterocycles. The number of hydrogen-bond donors (Lipinski definition) is 2. The molecule has 9 heteroatoms. The molecule has 0 aliphatic carbocycles. The van der Waals surface area contributed by atoms with E-state index in [1.807, 2.05) is 0 Å². The Labute approximate surface area is 186 Å². The summed E-state index contributed by atoms with van der Waals surface area (Å²) in [5.41, 5.74) is 1.42. The third kappa shape index (κ3) is 5.64. The van der Waals surface area contributed by atoms with Crippen LogP contribution in [-0.4, -0.2) is 33.9 Å². The lowest BCUT2D eigenvalue weighted by Gasteiger charge is -2.24. The van der Waals surface area contributed by atoms with Crippen LogP contribution in [0.25, 0.3) is 0 Å². The van der Waals surface area contributed by atoms with Crippen LogP contribution < -0.4 is 19.7 Å². The summed E-state index contributed by atoms with van der Waals surface area (Å²) < 4.78 is 32.8. The van der Waals surface area contributed by atoms with E-state index in [2.05, 4.69) is 10.6 Å². The molecule has 0 aliphatic rings. The van der Waals surface area contributed by atoms with Gasteiger partial charge in [-0.1, -0.05) is 18.2 Å². The first-order chi connectivity index (χ1) is 15.3. The number of sulfonamides is 1. The van der Waals surface area contributed by atoms with Gasteiger partial charge in [0, 0.05) is 18.3 Å². The van der Waals surface area contributed by atoms with E-state index in [9.17, 15) is 18.0 Å². The van der Waals surface area contributed by atoms with Gasteiger partial charge in [-0.25, -0.2) is 8.42 Å². The number of methoxy groups -OCH3 is 1. The van der Waals surface area contributed by atoms with Crippen molar-refractivity contribution in [2.24, 2.45) is 0 Å². The molecule has 0 bridgehead atoms. The van der Waals surface area contributed by atoms with Gasteiger partial charge < -0.3 is 15.4 Å². The highest BCUT2D eigenvalue weighted by Gasteiger charge is 2.27. The Bertz CT molecular complexity index is 1180. The standard InChI is InChI=1S/C23H23N3O5S/c1-17(27)24-18-8-10-19(11-9-18)25-23(28)16-26(20-6-4-3-5-7-20)32(29,30)22-14-12-21(31-2)13-15-22/h3-15H,16H2,1-2H3,(H,24,27)(H,25,28). The van der Waals surface area contributed by atoms with Crippen LogP contribution in [0.5, 0.6) is 5.75 Å². The van der Waals surface area contributed by atoms with Crippen LogP contribution in [-0.2, 0) is 19.6 Å². The maximum absolute atomic E-state index is 13.3. The Morgan fingerprint density at radius 2 is 1.41 bits per heavy atom. The highest BCUT2D eigenvalue weighted by Crippen LogP contribution is 2.25. The number of carbonyl (C=O) groups is 2. The average Bonchev–Trinajstić information content (AvgIpc) is 2.79. The van der Waals surface area contributed by atoms with Crippen molar-refractivity contribution in [1.29, 1.82) is 0 Å². The molecular weight excluding hydrogens is 430 g/mol. The van der Waals surface area contributed by atoms with E-state index in [0.717, 1.165) is 4.31 Å². The van der Waals surface area contributed by atoms with Crippen molar-refractivity contribution in [3.63, 3.8) is 0 Å². The molecule has 32 heavy (non-hydrogen) atoms. The van der Waals surface area contributed by atoms with E-state index in [1.54, 1.807) is 66.7 Å². The topological polar surface area (TPSA) is 105 Å². The molecule has 3 aromatic carbocycles. The Hall–Kier alpha value is -3.85. The predicted molar refractivity (Wildman–Crippen MR) is 123 cm³/mol. The van der Waals surface area contributed by atoms with Crippen LogP contribution in [0.15, 0.2) is 83.8 Å². The summed E-state index contributed by atoms with van der Waals surface area (Å²) >= 11 is 0. The van der Waals surface area contributed by atoms with Crippen LogP contribution in [0.4, 0.5) is 17.1 Å². The monoisotopic (exact) mass is 453 g/mol. The first-order valence-corrected chi connectivity index (χ1v) is 11.1. The molecule has 0 radical (unpaired) electrons. The number of rotatable bonds is 8. The third-order valence-electron chi connectivity index (χ3n) is 4.47. The minimum absolute atomic E-state index is 0.0367. The molecule has 2 amide bonds. The Kier molecular flexibility index (Phi) is 7.11. The number of amides is 2. The van der Waals surface area contributed by atoms with Gasteiger partial charge >= 0.3 is 0 Å². The molecule has 0 spiro atoms. The Balaban J connectivity index is 1.83. The second-order valence-electron chi connectivity index (χ2n) is 6.83. The van der Waals surface area contributed by atoms with Crippen molar-refractivity contribution in [2.45, 2.75) is 11.8 Å². The van der Waals surface area contributed by atoms with E-state index >= 15 is 0 Å². The van der Waals surface area contributed by atoms with Crippen molar-refractivity contribution in [2.75, 3.05) is 28.6 Å². The molecule has 8 nitrogen and oxygen atoms in total. The number of benzene rings is 3. The number of anilines is 3. The normalized spacial score (nSPS) is 10.8. The fourth-order valence-electron chi connectivity index (χ4n) is 2.96. The number of nitrogens with one attached hydrogen (secondary N) is 2. The van der Waals surface area contributed by atoms with Crippen LogP contribution in [0.1, 0.15) is 6.92 Å². The smallest absolute Gasteiger partial charge is 0.264 e. The number of ether oxygens (including phenoxy) is 1. The van der Waals surface area contributed by atoms with Crippen LogP contribution in [0.3, 0.4) is 0 Å². The Morgan fingerprint density at radius 3 is 1.94 bits per heavy atom. The van der Waals surface area contributed by atoms with Crippen molar-refractivity contribution in [1.82, 2.24) is 0 Å². The van der Waals surface area contributed by atoms with Gasteiger partial charge in [-0.3, -0.25) is 13.9 Å². The molecular formula is C23H23N3O5S. The molecule has 0 heterocycles. The second-order valence-corrected chi connectivity index (χ2v) is 8.69. The van der Waals surface area contributed by atoms with Crippen molar-refractivity contribution in [3.8, 4) is 5.75 Å². The van der Waals surface area contributed by atoms with Crippen molar-refractivity contribution < 1.29 is 22.7 Å². The number of nitrogens with zero attached hydrogens (tertiary/aromatic N) is 1. The summed E-state index contributed by atoms with van der Waals surface area (Å²) in [6.07, 6.45) is 0. The molecule has 0 atom stereocenters. The fourth-order valence-corrected chi connectivity index (χ4v) is 4.38. The summed E-state index contributed by atoms with van der Waals surface area (Å²) in [6.45, 7) is 0.975. The quantitative estimate of drug-likeness (QED) is 0.543. The van der Waals surface area contributed by atoms with Crippen LogP contribution >= 0.6 is 0 Å². The third-order valence-corrected chi connectivity index (χ3v) is 6.26.